The van der Waals surface area contributed by atoms with E-state index in [1.54, 1.807) is 11.1 Å². The van der Waals surface area contributed by atoms with E-state index in [9.17, 15) is 0 Å². The summed E-state index contributed by atoms with van der Waals surface area (Å²) in [4.78, 5) is 0. The first-order valence-electron chi connectivity index (χ1n) is 9.27. The molecule has 0 saturated carbocycles. The van der Waals surface area contributed by atoms with E-state index >= 15 is 0 Å². The molecule has 0 spiro atoms. The second-order valence-corrected chi connectivity index (χ2v) is 5.59. The SMILES string of the molecule is C=CCCCC(=CCC)CC.C=CCCCC=C(CC)CC. The fourth-order valence-electron chi connectivity index (χ4n) is 2.29. The number of rotatable bonds is 12. The zero-order chi connectivity index (χ0) is 17.1. The van der Waals surface area contributed by atoms with Crippen molar-refractivity contribution in [2.45, 2.75) is 91.9 Å². The van der Waals surface area contributed by atoms with Crippen LogP contribution < -0.4 is 0 Å². The first-order valence-corrected chi connectivity index (χ1v) is 9.27. The molecule has 0 radical (unpaired) electrons. The number of hydrogen-bond acceptors (Lipinski definition) is 0. The van der Waals surface area contributed by atoms with Crippen molar-refractivity contribution in [3.8, 4) is 0 Å². The zero-order valence-electron chi connectivity index (χ0n) is 15.8. The molecular weight excluding hydrogens is 264 g/mol. The molecule has 0 fully saturated rings. The average molecular weight is 305 g/mol. The van der Waals surface area contributed by atoms with E-state index in [0.717, 1.165) is 12.8 Å². The van der Waals surface area contributed by atoms with E-state index in [0.29, 0.717) is 0 Å². The van der Waals surface area contributed by atoms with Crippen molar-refractivity contribution >= 4 is 0 Å². The third-order valence-electron chi connectivity index (χ3n) is 3.81. The minimum absolute atomic E-state index is 1.15. The van der Waals surface area contributed by atoms with Gasteiger partial charge in [0.05, 0.1) is 0 Å². The summed E-state index contributed by atoms with van der Waals surface area (Å²) in [5, 5.41) is 0. The Balaban J connectivity index is 0. The molecule has 0 atom stereocenters. The topological polar surface area (TPSA) is 0 Å². The van der Waals surface area contributed by atoms with Gasteiger partial charge in [0.2, 0.25) is 0 Å². The highest BCUT2D eigenvalue weighted by atomic mass is 14.0. The Morgan fingerprint density at radius 3 is 1.68 bits per heavy atom. The van der Waals surface area contributed by atoms with Crippen LogP contribution in [0, 0.1) is 0 Å². The molecule has 0 aliphatic rings. The minimum atomic E-state index is 1.15. The molecule has 0 aliphatic carbocycles. The van der Waals surface area contributed by atoms with Gasteiger partial charge in [-0.05, 0) is 64.2 Å². The summed E-state index contributed by atoms with van der Waals surface area (Å²) in [5.41, 5.74) is 3.20. The highest BCUT2D eigenvalue weighted by Gasteiger charge is 1.91. The largest absolute Gasteiger partial charge is 0.103 e. The Bertz CT molecular complexity index is 298. The molecule has 0 amide bonds. The predicted molar refractivity (Wildman–Crippen MR) is 105 cm³/mol. The number of hydrogen-bond donors (Lipinski definition) is 0. The molecule has 128 valence electrons. The van der Waals surface area contributed by atoms with E-state index in [-0.39, 0.29) is 0 Å². The van der Waals surface area contributed by atoms with Gasteiger partial charge >= 0.3 is 0 Å². The Kier molecular flexibility index (Phi) is 21.1. The molecular formula is C22H40. The summed E-state index contributed by atoms with van der Waals surface area (Å²) in [6.45, 7) is 16.3. The monoisotopic (exact) mass is 304 g/mol. The minimum Gasteiger partial charge on any atom is -0.103 e. The van der Waals surface area contributed by atoms with Crippen LogP contribution in [0.3, 0.4) is 0 Å². The van der Waals surface area contributed by atoms with Crippen molar-refractivity contribution in [1.82, 2.24) is 0 Å². The van der Waals surface area contributed by atoms with Crippen molar-refractivity contribution in [2.24, 2.45) is 0 Å². The zero-order valence-corrected chi connectivity index (χ0v) is 15.8. The molecule has 0 heterocycles. The van der Waals surface area contributed by atoms with Gasteiger partial charge in [0.15, 0.2) is 0 Å². The van der Waals surface area contributed by atoms with Crippen LogP contribution in [0.5, 0.6) is 0 Å². The van der Waals surface area contributed by atoms with Crippen LogP contribution in [0.25, 0.3) is 0 Å². The summed E-state index contributed by atoms with van der Waals surface area (Å²) in [7, 11) is 0. The third kappa shape index (κ3) is 17.0. The van der Waals surface area contributed by atoms with Crippen LogP contribution >= 0.6 is 0 Å². The van der Waals surface area contributed by atoms with Crippen molar-refractivity contribution < 1.29 is 0 Å². The van der Waals surface area contributed by atoms with Crippen LogP contribution in [0.15, 0.2) is 48.6 Å². The number of allylic oxidation sites excluding steroid dienone is 6. The van der Waals surface area contributed by atoms with Crippen LogP contribution in [-0.4, -0.2) is 0 Å². The molecule has 0 unspecified atom stereocenters. The van der Waals surface area contributed by atoms with Gasteiger partial charge in [0.1, 0.15) is 0 Å². The summed E-state index contributed by atoms with van der Waals surface area (Å²) >= 11 is 0. The highest BCUT2D eigenvalue weighted by Crippen LogP contribution is 2.11. The van der Waals surface area contributed by atoms with Gasteiger partial charge in [0, 0.05) is 0 Å². The van der Waals surface area contributed by atoms with Crippen molar-refractivity contribution in [2.75, 3.05) is 0 Å². The van der Waals surface area contributed by atoms with E-state index < -0.39 is 0 Å². The lowest BCUT2D eigenvalue weighted by molar-refractivity contribution is 0.798. The summed E-state index contributed by atoms with van der Waals surface area (Å²) in [5.74, 6) is 0. The lowest BCUT2D eigenvalue weighted by Gasteiger charge is -2.01. The van der Waals surface area contributed by atoms with Crippen LogP contribution in [0.4, 0.5) is 0 Å². The number of unbranched alkanes of at least 4 members (excludes halogenated alkanes) is 3. The van der Waals surface area contributed by atoms with Gasteiger partial charge in [0.25, 0.3) is 0 Å². The highest BCUT2D eigenvalue weighted by molar-refractivity contribution is 5.01. The maximum Gasteiger partial charge on any atom is -0.0317 e. The standard InChI is InChI=1S/2C11H20/c1-4-7-8-9-10-11(5-2)6-3;1-4-7-8-10-11(6-3)9-5-2/h4,10H,1,5-9H2,2-3H3;4,9H,1,5-8,10H2,2-3H3. The molecule has 0 nitrogen and oxygen atoms in total. The molecule has 0 aromatic rings. The second kappa shape index (κ2) is 20.0. The van der Waals surface area contributed by atoms with Crippen LogP contribution in [0.2, 0.25) is 0 Å². The van der Waals surface area contributed by atoms with Crippen molar-refractivity contribution in [3.63, 3.8) is 0 Å². The average Bonchev–Trinajstić information content (AvgIpc) is 2.55. The van der Waals surface area contributed by atoms with E-state index in [4.69, 9.17) is 0 Å². The van der Waals surface area contributed by atoms with Crippen molar-refractivity contribution in [1.29, 1.82) is 0 Å². The fraction of sp³-hybridized carbons (Fsp3) is 0.636. The first kappa shape index (κ1) is 23.2. The fourth-order valence-corrected chi connectivity index (χ4v) is 2.29. The normalized spacial score (nSPS) is 10.5. The quantitative estimate of drug-likeness (QED) is 0.252. The molecule has 0 saturated heterocycles. The lowest BCUT2D eigenvalue weighted by Crippen LogP contribution is -1.81. The Morgan fingerprint density at radius 1 is 0.682 bits per heavy atom. The lowest BCUT2D eigenvalue weighted by atomic mass is 10.1. The molecule has 0 heteroatoms. The summed E-state index contributed by atoms with van der Waals surface area (Å²) < 4.78 is 0. The summed E-state index contributed by atoms with van der Waals surface area (Å²) in [6.07, 6.45) is 20.8. The Labute approximate surface area is 141 Å². The maximum absolute atomic E-state index is 3.71. The van der Waals surface area contributed by atoms with Gasteiger partial charge in [-0.3, -0.25) is 0 Å². The van der Waals surface area contributed by atoms with Gasteiger partial charge in [-0.2, -0.15) is 0 Å². The van der Waals surface area contributed by atoms with Gasteiger partial charge in [-0.15, -0.1) is 13.2 Å². The van der Waals surface area contributed by atoms with Gasteiger partial charge in [-0.1, -0.05) is 63.1 Å². The van der Waals surface area contributed by atoms with Crippen LogP contribution in [-0.2, 0) is 0 Å². The Morgan fingerprint density at radius 2 is 1.23 bits per heavy atom. The van der Waals surface area contributed by atoms with Crippen molar-refractivity contribution in [3.05, 3.63) is 48.6 Å². The molecule has 0 aromatic carbocycles. The first-order chi connectivity index (χ1) is 10.7. The van der Waals surface area contributed by atoms with E-state index in [2.05, 4.69) is 53.0 Å². The van der Waals surface area contributed by atoms with Gasteiger partial charge < -0.3 is 0 Å². The molecule has 0 rings (SSSR count). The second-order valence-electron chi connectivity index (χ2n) is 5.59. The van der Waals surface area contributed by atoms with E-state index in [1.807, 2.05) is 12.2 Å². The third-order valence-corrected chi connectivity index (χ3v) is 3.81. The predicted octanol–water partition coefficient (Wildman–Crippen LogP) is 8.18. The smallest absolute Gasteiger partial charge is 0.0317 e. The maximum atomic E-state index is 3.71. The summed E-state index contributed by atoms with van der Waals surface area (Å²) in [6, 6.07) is 0. The molecule has 0 bridgehead atoms. The molecule has 0 aliphatic heterocycles. The molecule has 22 heavy (non-hydrogen) atoms. The van der Waals surface area contributed by atoms with E-state index in [1.165, 1.54) is 51.4 Å². The Hall–Kier alpha value is -1.04. The molecule has 0 N–H and O–H groups in total. The van der Waals surface area contributed by atoms with Gasteiger partial charge in [-0.25, -0.2) is 0 Å². The molecule has 0 aromatic heterocycles. The van der Waals surface area contributed by atoms with Crippen LogP contribution in [0.1, 0.15) is 91.9 Å².